The van der Waals surface area contributed by atoms with Crippen LogP contribution in [0, 0.1) is 5.92 Å². The number of hydrogen-bond acceptors (Lipinski definition) is 0. The Labute approximate surface area is 320 Å². The van der Waals surface area contributed by atoms with Crippen LogP contribution in [0.5, 0.6) is 0 Å². The van der Waals surface area contributed by atoms with Crippen molar-refractivity contribution in [2.24, 2.45) is 5.92 Å². The maximum Gasteiger partial charge on any atom is 0.0547 e. The van der Waals surface area contributed by atoms with Gasteiger partial charge >= 0.3 is 0 Å². The summed E-state index contributed by atoms with van der Waals surface area (Å²) in [6.07, 6.45) is 8.55. The minimum absolute atomic E-state index is 0.0852. The van der Waals surface area contributed by atoms with Gasteiger partial charge in [-0.1, -0.05) is 129 Å². The normalized spacial score (nSPS) is 18.9. The van der Waals surface area contributed by atoms with Crippen LogP contribution >= 0.6 is 0 Å². The smallest absolute Gasteiger partial charge is 0.0547 e. The molecule has 260 valence electrons. The highest BCUT2D eigenvalue weighted by molar-refractivity contribution is 6.29. The molecule has 4 aliphatic carbocycles. The highest BCUT2D eigenvalue weighted by atomic mass is 15.0. The molecule has 1 heterocycles. The molecule has 8 aromatic carbocycles. The van der Waals surface area contributed by atoms with E-state index in [1.165, 1.54) is 124 Å². The largest absolute Gasteiger partial charge is 0.309 e. The Morgan fingerprint density at radius 1 is 0.509 bits per heavy atom. The SMILES string of the molecule is CC1(C)c2ccccc2-c2cc3c4cc5c6ccccc6c6ccccc6c5cc4n(-c4ccc(-c5ccc6c(c5)C5=C(CCC=C5)C5CC65)cc4)c3cc21. The molecule has 1 fully saturated rings. The van der Waals surface area contributed by atoms with Crippen molar-refractivity contribution in [3.05, 3.63) is 180 Å². The van der Waals surface area contributed by atoms with Gasteiger partial charge in [-0.3, -0.25) is 0 Å². The zero-order chi connectivity index (χ0) is 36.2. The van der Waals surface area contributed by atoms with E-state index < -0.39 is 0 Å². The van der Waals surface area contributed by atoms with E-state index in [1.54, 1.807) is 11.1 Å². The van der Waals surface area contributed by atoms with Gasteiger partial charge < -0.3 is 4.57 Å². The standard InChI is InChI=1S/C54H39N/c1-54(2)50-18-10-9-17-41(50)47-28-49-48-27-45-36-13-5-3-11-34(36)35-12-4-6-14-37(35)46(45)29-52(48)55(53(49)30-51(47)54)33-22-19-31(20-23-33)32-21-24-40-42(25-32)38-15-7-8-16-39(38)43-26-44(40)43/h3-7,9-15,17-25,27-30,43-44H,8,16,26H2,1-2H3. The van der Waals surface area contributed by atoms with Crippen molar-refractivity contribution in [2.75, 3.05) is 0 Å². The number of allylic oxidation sites excluding steroid dienone is 4. The molecule has 0 N–H and O–H groups in total. The zero-order valence-electron chi connectivity index (χ0n) is 31.2. The van der Waals surface area contributed by atoms with Gasteiger partial charge in [-0.15, -0.1) is 0 Å². The minimum atomic E-state index is -0.0852. The van der Waals surface area contributed by atoms with Crippen molar-refractivity contribution < 1.29 is 0 Å². The van der Waals surface area contributed by atoms with Gasteiger partial charge in [-0.2, -0.15) is 0 Å². The molecule has 1 aromatic heterocycles. The summed E-state index contributed by atoms with van der Waals surface area (Å²) < 4.78 is 2.54. The van der Waals surface area contributed by atoms with Crippen LogP contribution in [0.1, 0.15) is 61.3 Å². The minimum Gasteiger partial charge on any atom is -0.309 e. The molecule has 0 bridgehead atoms. The summed E-state index contributed by atoms with van der Waals surface area (Å²) in [4.78, 5) is 0. The van der Waals surface area contributed by atoms with Crippen LogP contribution in [0.25, 0.3) is 87.6 Å². The Hall–Kier alpha value is -6.18. The number of hydrogen-bond donors (Lipinski definition) is 0. The number of fused-ring (bicyclic) bond motifs is 17. The summed E-state index contributed by atoms with van der Waals surface area (Å²) >= 11 is 0. The molecule has 1 nitrogen and oxygen atoms in total. The fourth-order valence-electron chi connectivity index (χ4n) is 11.2. The highest BCUT2D eigenvalue weighted by Gasteiger charge is 2.46. The summed E-state index contributed by atoms with van der Waals surface area (Å²) in [5.74, 6) is 1.52. The second-order valence-electron chi connectivity index (χ2n) is 17.1. The Kier molecular flexibility index (Phi) is 5.77. The van der Waals surface area contributed by atoms with Gasteiger partial charge in [0.1, 0.15) is 0 Å². The van der Waals surface area contributed by atoms with Crippen molar-refractivity contribution >= 4 is 59.7 Å². The van der Waals surface area contributed by atoms with Crippen LogP contribution in [0.2, 0.25) is 0 Å². The van der Waals surface area contributed by atoms with Crippen LogP contribution in [0.3, 0.4) is 0 Å². The molecule has 0 amide bonds. The van der Waals surface area contributed by atoms with Crippen LogP contribution in [0.4, 0.5) is 0 Å². The Morgan fingerprint density at radius 2 is 1.16 bits per heavy atom. The van der Waals surface area contributed by atoms with Crippen molar-refractivity contribution in [2.45, 2.75) is 44.4 Å². The lowest BCUT2D eigenvalue weighted by atomic mass is 9.80. The molecular formula is C54H39N. The van der Waals surface area contributed by atoms with Crippen LogP contribution in [0.15, 0.2) is 157 Å². The molecule has 1 heteroatoms. The number of aromatic nitrogens is 1. The van der Waals surface area contributed by atoms with Gasteiger partial charge in [0, 0.05) is 21.9 Å². The lowest BCUT2D eigenvalue weighted by Crippen LogP contribution is -2.14. The van der Waals surface area contributed by atoms with Gasteiger partial charge in [0.05, 0.1) is 11.0 Å². The molecule has 1 saturated carbocycles. The van der Waals surface area contributed by atoms with E-state index in [1.807, 2.05) is 0 Å². The van der Waals surface area contributed by atoms with Crippen molar-refractivity contribution in [3.8, 4) is 27.9 Å². The van der Waals surface area contributed by atoms with Gasteiger partial charge in [0.2, 0.25) is 0 Å². The third kappa shape index (κ3) is 3.98. The summed E-state index contributed by atoms with van der Waals surface area (Å²) in [7, 11) is 0. The highest BCUT2D eigenvalue weighted by Crippen LogP contribution is 2.60. The number of nitrogens with zero attached hydrogens (tertiary/aromatic N) is 1. The Bertz CT molecular complexity index is 3250. The van der Waals surface area contributed by atoms with Gasteiger partial charge in [-0.25, -0.2) is 0 Å². The van der Waals surface area contributed by atoms with E-state index in [4.69, 9.17) is 0 Å². The summed E-state index contributed by atoms with van der Waals surface area (Å²) in [5.41, 5.74) is 18.0. The maximum absolute atomic E-state index is 2.54. The van der Waals surface area contributed by atoms with Gasteiger partial charge in [0.25, 0.3) is 0 Å². The van der Waals surface area contributed by atoms with E-state index in [9.17, 15) is 0 Å². The Morgan fingerprint density at radius 3 is 1.95 bits per heavy atom. The molecule has 9 aromatic rings. The van der Waals surface area contributed by atoms with E-state index >= 15 is 0 Å². The first-order valence-electron chi connectivity index (χ1n) is 20.1. The second kappa shape index (κ2) is 10.5. The average molecular weight is 702 g/mol. The van der Waals surface area contributed by atoms with Crippen LogP contribution in [-0.2, 0) is 5.41 Å². The van der Waals surface area contributed by atoms with Gasteiger partial charge in [-0.05, 0) is 156 Å². The molecule has 13 rings (SSSR count). The monoisotopic (exact) mass is 701 g/mol. The quantitative estimate of drug-likeness (QED) is 0.158. The first-order chi connectivity index (χ1) is 27.0. The van der Waals surface area contributed by atoms with Crippen molar-refractivity contribution in [1.29, 1.82) is 0 Å². The first kappa shape index (κ1) is 30.2. The maximum atomic E-state index is 2.54. The number of rotatable bonds is 2. The molecule has 2 unspecified atom stereocenters. The summed E-state index contributed by atoms with van der Waals surface area (Å²) in [5, 5.41) is 10.5. The third-order valence-electron chi connectivity index (χ3n) is 14.0. The molecule has 0 spiro atoms. The molecule has 0 aliphatic heterocycles. The molecule has 4 aliphatic rings. The zero-order valence-corrected chi connectivity index (χ0v) is 31.2. The topological polar surface area (TPSA) is 4.93 Å². The Balaban J connectivity index is 1.06. The predicted molar refractivity (Wildman–Crippen MR) is 232 cm³/mol. The fourth-order valence-corrected chi connectivity index (χ4v) is 11.2. The molecule has 55 heavy (non-hydrogen) atoms. The molecule has 0 saturated heterocycles. The van der Waals surface area contributed by atoms with Crippen LogP contribution in [-0.4, -0.2) is 4.57 Å². The van der Waals surface area contributed by atoms with Crippen molar-refractivity contribution in [3.63, 3.8) is 0 Å². The lowest BCUT2D eigenvalue weighted by Gasteiger charge is -2.24. The van der Waals surface area contributed by atoms with E-state index in [2.05, 4.69) is 170 Å². The average Bonchev–Trinajstić information content (AvgIpc) is 3.95. The fraction of sp³-hybridized carbons (Fsp3) is 0.148. The van der Waals surface area contributed by atoms with Gasteiger partial charge in [0.15, 0.2) is 0 Å². The van der Waals surface area contributed by atoms with Crippen molar-refractivity contribution in [1.82, 2.24) is 4.57 Å². The first-order valence-corrected chi connectivity index (χ1v) is 20.1. The summed E-state index contributed by atoms with van der Waals surface area (Å²) in [6.45, 7) is 4.78. The van der Waals surface area contributed by atoms with E-state index in [0.29, 0.717) is 0 Å². The molecule has 0 radical (unpaired) electrons. The van der Waals surface area contributed by atoms with E-state index in [0.717, 1.165) is 11.8 Å². The predicted octanol–water partition coefficient (Wildman–Crippen LogP) is 14.4. The molecular weight excluding hydrogens is 663 g/mol. The lowest BCUT2D eigenvalue weighted by molar-refractivity contribution is 0.661. The third-order valence-corrected chi connectivity index (χ3v) is 14.0. The second-order valence-corrected chi connectivity index (χ2v) is 17.1. The summed E-state index contributed by atoms with van der Waals surface area (Å²) in [6, 6.07) is 53.6. The number of benzene rings is 8. The molecule has 2 atom stereocenters. The van der Waals surface area contributed by atoms with Crippen LogP contribution < -0.4 is 0 Å². The van der Waals surface area contributed by atoms with E-state index in [-0.39, 0.29) is 5.41 Å².